The van der Waals surface area contributed by atoms with Gasteiger partial charge in [-0.25, -0.2) is 4.39 Å². The van der Waals surface area contributed by atoms with Crippen LogP contribution in [-0.4, -0.2) is 15.0 Å². The Labute approximate surface area is 123 Å². The molecule has 0 radical (unpaired) electrons. The maximum absolute atomic E-state index is 14.5. The molecule has 2 nitrogen and oxygen atoms in total. The standard InChI is InChI=1S/C16H22FNOS/c1-11(18-20(19)16(2,3)4)14-7-5-6-13(15(14)17)10-12-8-9-12/h5-7,12H,8-10H2,1-4H3/t20-/m0/s1. The van der Waals surface area contributed by atoms with Gasteiger partial charge in [-0.1, -0.05) is 22.6 Å². The lowest BCUT2D eigenvalue weighted by Gasteiger charge is -2.19. The van der Waals surface area contributed by atoms with Gasteiger partial charge in [0.2, 0.25) is 0 Å². The predicted octanol–water partition coefficient (Wildman–Crippen LogP) is 4.05. The van der Waals surface area contributed by atoms with E-state index in [1.165, 1.54) is 12.8 Å². The number of rotatable bonds is 4. The van der Waals surface area contributed by atoms with Crippen molar-refractivity contribution in [3.63, 3.8) is 0 Å². The van der Waals surface area contributed by atoms with Crippen LogP contribution in [0.2, 0.25) is 0 Å². The molecule has 1 aliphatic carbocycles. The minimum absolute atomic E-state index is 0.202. The smallest absolute Gasteiger partial charge is 0.144 e. The number of halogens is 1. The summed E-state index contributed by atoms with van der Waals surface area (Å²) >= 11 is -1.36. The second-order valence-electron chi connectivity index (χ2n) is 6.46. The molecule has 1 aromatic rings. The third-order valence-electron chi connectivity index (χ3n) is 3.42. The molecule has 0 amide bonds. The maximum Gasteiger partial charge on any atom is 0.144 e. The Morgan fingerprint density at radius 2 is 2.05 bits per heavy atom. The van der Waals surface area contributed by atoms with Crippen LogP contribution >= 0.6 is 0 Å². The molecule has 0 heterocycles. The van der Waals surface area contributed by atoms with E-state index in [2.05, 4.69) is 4.40 Å². The summed E-state index contributed by atoms with van der Waals surface area (Å²) in [5.74, 6) is 0.437. The van der Waals surface area contributed by atoms with Crippen LogP contribution in [0.5, 0.6) is 0 Å². The van der Waals surface area contributed by atoms with E-state index in [1.807, 2.05) is 32.9 Å². The fraction of sp³-hybridized carbons (Fsp3) is 0.562. The Morgan fingerprint density at radius 1 is 1.40 bits per heavy atom. The van der Waals surface area contributed by atoms with Crippen molar-refractivity contribution in [1.82, 2.24) is 0 Å². The van der Waals surface area contributed by atoms with Gasteiger partial charge in [0.15, 0.2) is 0 Å². The lowest BCUT2D eigenvalue weighted by molar-refractivity contribution is 0.561. The van der Waals surface area contributed by atoms with E-state index in [0.29, 0.717) is 17.2 Å². The molecule has 0 aliphatic heterocycles. The van der Waals surface area contributed by atoms with Crippen molar-refractivity contribution in [2.45, 2.75) is 51.7 Å². The molecule has 0 aromatic heterocycles. The predicted molar refractivity (Wildman–Crippen MR) is 82.9 cm³/mol. The monoisotopic (exact) mass is 295 g/mol. The Hall–Kier alpha value is -0.870. The van der Waals surface area contributed by atoms with Crippen LogP contribution in [0.3, 0.4) is 0 Å². The zero-order chi connectivity index (χ0) is 14.9. The largest absolute Gasteiger partial charge is 0.591 e. The van der Waals surface area contributed by atoms with Gasteiger partial charge >= 0.3 is 0 Å². The molecule has 1 aliphatic rings. The van der Waals surface area contributed by atoms with Crippen molar-refractivity contribution in [2.24, 2.45) is 10.3 Å². The van der Waals surface area contributed by atoms with Gasteiger partial charge < -0.3 is 4.55 Å². The lowest BCUT2D eigenvalue weighted by Crippen LogP contribution is -2.26. The third-order valence-corrected chi connectivity index (χ3v) is 4.91. The normalized spacial score (nSPS) is 18.2. The molecule has 110 valence electrons. The minimum Gasteiger partial charge on any atom is -0.591 e. The second-order valence-corrected chi connectivity index (χ2v) is 8.37. The molecule has 1 aromatic carbocycles. The average Bonchev–Trinajstić information content (AvgIpc) is 3.14. The zero-order valence-electron chi connectivity index (χ0n) is 12.6. The lowest BCUT2D eigenvalue weighted by atomic mass is 10.0. The molecule has 20 heavy (non-hydrogen) atoms. The Kier molecular flexibility index (Phi) is 4.55. The summed E-state index contributed by atoms with van der Waals surface area (Å²) in [7, 11) is 0. The topological polar surface area (TPSA) is 35.4 Å². The summed E-state index contributed by atoms with van der Waals surface area (Å²) in [6, 6.07) is 5.41. The van der Waals surface area contributed by atoms with Crippen molar-refractivity contribution in [3.8, 4) is 0 Å². The van der Waals surface area contributed by atoms with Gasteiger partial charge in [-0.3, -0.25) is 0 Å². The summed E-state index contributed by atoms with van der Waals surface area (Å²) in [5, 5.41) is 0. The highest BCUT2D eigenvalue weighted by Crippen LogP contribution is 2.33. The van der Waals surface area contributed by atoms with Crippen molar-refractivity contribution in [1.29, 1.82) is 0 Å². The van der Waals surface area contributed by atoms with Gasteiger partial charge in [0, 0.05) is 5.56 Å². The highest BCUT2D eigenvalue weighted by Gasteiger charge is 2.28. The molecular formula is C16H22FNOS. The van der Waals surface area contributed by atoms with E-state index in [4.69, 9.17) is 0 Å². The zero-order valence-corrected chi connectivity index (χ0v) is 13.4. The van der Waals surface area contributed by atoms with Crippen molar-refractivity contribution in [3.05, 3.63) is 35.1 Å². The molecule has 0 unspecified atom stereocenters. The van der Waals surface area contributed by atoms with Crippen molar-refractivity contribution >= 4 is 17.1 Å². The summed E-state index contributed by atoms with van der Waals surface area (Å²) in [5.41, 5.74) is 1.73. The Balaban J connectivity index is 2.25. The van der Waals surface area contributed by atoms with Gasteiger partial charge in [0.1, 0.15) is 21.9 Å². The van der Waals surface area contributed by atoms with E-state index in [9.17, 15) is 8.94 Å². The van der Waals surface area contributed by atoms with E-state index in [0.717, 1.165) is 12.0 Å². The quantitative estimate of drug-likeness (QED) is 0.609. The van der Waals surface area contributed by atoms with Gasteiger partial charge in [0.05, 0.1) is 5.71 Å². The number of hydrogen-bond acceptors (Lipinski definition) is 2. The number of benzene rings is 1. The maximum atomic E-state index is 14.5. The van der Waals surface area contributed by atoms with Crippen LogP contribution in [0, 0.1) is 11.7 Å². The first-order valence-corrected chi connectivity index (χ1v) is 8.14. The van der Waals surface area contributed by atoms with Crippen LogP contribution in [-0.2, 0) is 17.8 Å². The number of hydrogen-bond donors (Lipinski definition) is 0. The summed E-state index contributed by atoms with van der Waals surface area (Å²) in [4.78, 5) is 0. The first-order chi connectivity index (χ1) is 9.29. The van der Waals surface area contributed by atoms with Crippen LogP contribution in [0.15, 0.2) is 22.6 Å². The van der Waals surface area contributed by atoms with Crippen LogP contribution in [0.4, 0.5) is 4.39 Å². The van der Waals surface area contributed by atoms with E-state index in [1.54, 1.807) is 13.0 Å². The Morgan fingerprint density at radius 3 is 2.60 bits per heavy atom. The molecule has 0 saturated heterocycles. The van der Waals surface area contributed by atoms with E-state index < -0.39 is 16.1 Å². The minimum atomic E-state index is -1.36. The fourth-order valence-electron chi connectivity index (χ4n) is 1.96. The average molecular weight is 295 g/mol. The highest BCUT2D eigenvalue weighted by atomic mass is 32.2. The van der Waals surface area contributed by atoms with E-state index >= 15 is 0 Å². The summed E-state index contributed by atoms with van der Waals surface area (Å²) < 4.78 is 30.2. The van der Waals surface area contributed by atoms with Gasteiger partial charge in [-0.15, -0.1) is 0 Å². The van der Waals surface area contributed by atoms with Crippen molar-refractivity contribution in [2.75, 3.05) is 0 Å². The van der Waals surface area contributed by atoms with Crippen molar-refractivity contribution < 1.29 is 8.94 Å². The van der Waals surface area contributed by atoms with Gasteiger partial charge in [-0.2, -0.15) is 0 Å². The second kappa shape index (κ2) is 5.86. The molecule has 2 rings (SSSR count). The highest BCUT2D eigenvalue weighted by molar-refractivity contribution is 7.91. The van der Waals surface area contributed by atoms with Crippen LogP contribution < -0.4 is 0 Å². The molecule has 1 atom stereocenters. The number of nitrogens with zero attached hydrogens (tertiary/aromatic N) is 1. The SMILES string of the molecule is CC(=N[S@@+]([O-])C(C)(C)C)c1cccc(CC2CC2)c1F. The molecule has 4 heteroatoms. The first-order valence-electron chi connectivity index (χ1n) is 7.04. The molecule has 1 fully saturated rings. The molecule has 1 saturated carbocycles. The van der Waals surface area contributed by atoms with Crippen LogP contribution in [0.25, 0.3) is 0 Å². The Bertz CT molecular complexity index is 518. The molecule has 0 N–H and O–H groups in total. The summed E-state index contributed by atoms with van der Waals surface area (Å²) in [6.07, 6.45) is 3.20. The van der Waals surface area contributed by atoms with Gasteiger partial charge in [-0.05, 0) is 58.4 Å². The molecule has 0 bridgehead atoms. The summed E-state index contributed by atoms with van der Waals surface area (Å²) in [6.45, 7) is 7.31. The van der Waals surface area contributed by atoms with Gasteiger partial charge in [0.25, 0.3) is 0 Å². The fourth-order valence-corrected chi connectivity index (χ4v) is 2.58. The van der Waals surface area contributed by atoms with Crippen LogP contribution in [0.1, 0.15) is 51.7 Å². The molecule has 0 spiro atoms. The third kappa shape index (κ3) is 3.83. The molecular weight excluding hydrogens is 273 g/mol. The first kappa shape index (κ1) is 15.5. The van der Waals surface area contributed by atoms with E-state index in [-0.39, 0.29) is 5.82 Å².